The predicted molar refractivity (Wildman–Crippen MR) is 111 cm³/mol. The maximum absolute atomic E-state index is 13.2. The van der Waals surface area contributed by atoms with Crippen molar-refractivity contribution in [3.63, 3.8) is 0 Å². The average molecular weight is 416 g/mol. The van der Waals surface area contributed by atoms with Crippen LogP contribution < -0.4 is 10.2 Å². The van der Waals surface area contributed by atoms with Crippen LogP contribution in [-0.2, 0) is 17.4 Å². The lowest BCUT2D eigenvalue weighted by atomic mass is 10.1. The van der Waals surface area contributed by atoms with Gasteiger partial charge in [0.2, 0.25) is 5.91 Å². The fraction of sp³-hybridized carbons (Fsp3) is 0.364. The van der Waals surface area contributed by atoms with Crippen LogP contribution in [0.4, 0.5) is 24.7 Å². The van der Waals surface area contributed by atoms with Crippen LogP contribution in [0, 0.1) is 0 Å². The van der Waals surface area contributed by atoms with Crippen LogP contribution in [0.3, 0.4) is 0 Å². The third-order valence-corrected chi connectivity index (χ3v) is 5.36. The summed E-state index contributed by atoms with van der Waals surface area (Å²) in [5, 5.41) is 3.85. The molecule has 0 unspecified atom stereocenters. The first-order chi connectivity index (χ1) is 14.4. The molecule has 0 bridgehead atoms. The number of hydrogen-bond acceptors (Lipinski definition) is 3. The van der Waals surface area contributed by atoms with E-state index in [2.05, 4.69) is 15.3 Å². The van der Waals surface area contributed by atoms with Crippen molar-refractivity contribution >= 4 is 28.3 Å². The lowest BCUT2D eigenvalue weighted by Gasteiger charge is -2.30. The summed E-state index contributed by atoms with van der Waals surface area (Å²) >= 11 is 0. The zero-order valence-corrected chi connectivity index (χ0v) is 16.4. The zero-order chi connectivity index (χ0) is 21.1. The minimum atomic E-state index is -4.49. The van der Waals surface area contributed by atoms with Gasteiger partial charge in [0.15, 0.2) is 0 Å². The molecule has 1 fully saturated rings. The number of alkyl halides is 3. The number of halogens is 3. The summed E-state index contributed by atoms with van der Waals surface area (Å²) in [6.45, 7) is 1.37. The summed E-state index contributed by atoms with van der Waals surface area (Å²) in [5.41, 5.74) is 1.45. The van der Waals surface area contributed by atoms with Gasteiger partial charge in [0, 0.05) is 42.3 Å². The van der Waals surface area contributed by atoms with Gasteiger partial charge in [-0.05, 0) is 61.6 Å². The van der Waals surface area contributed by atoms with E-state index in [1.165, 1.54) is 6.07 Å². The van der Waals surface area contributed by atoms with Crippen molar-refractivity contribution in [1.82, 2.24) is 9.97 Å². The monoisotopic (exact) mass is 416 g/mol. The van der Waals surface area contributed by atoms with Crippen molar-refractivity contribution in [2.24, 2.45) is 0 Å². The van der Waals surface area contributed by atoms with Gasteiger partial charge in [0.25, 0.3) is 0 Å². The summed E-state index contributed by atoms with van der Waals surface area (Å²) in [6.07, 6.45) is 0.763. The number of amides is 1. The lowest BCUT2D eigenvalue weighted by Crippen LogP contribution is -2.32. The maximum atomic E-state index is 13.2. The van der Waals surface area contributed by atoms with E-state index >= 15 is 0 Å². The van der Waals surface area contributed by atoms with Gasteiger partial charge >= 0.3 is 6.18 Å². The number of piperidine rings is 1. The standard InChI is InChI=1S/C22H23F3N4O/c23-22(24,25)19-8-4-15(21(28-19)29-12-2-1-3-13-29)5-9-20(30)27-17-6-7-18-16(14-17)10-11-26-18/h4,6-8,10-11,14,26H,1-3,5,9,12-13H2,(H,27,30). The Morgan fingerprint density at radius 1 is 1.10 bits per heavy atom. The van der Waals surface area contributed by atoms with Crippen LogP contribution >= 0.6 is 0 Å². The molecule has 2 N–H and O–H groups in total. The van der Waals surface area contributed by atoms with Crippen molar-refractivity contribution in [1.29, 1.82) is 0 Å². The number of fused-ring (bicyclic) bond motifs is 1. The number of H-pyrrole nitrogens is 1. The predicted octanol–water partition coefficient (Wildman–Crippen LogP) is 5.14. The highest BCUT2D eigenvalue weighted by molar-refractivity contribution is 5.93. The number of carbonyl (C=O) groups is 1. The first kappa shape index (κ1) is 20.3. The fourth-order valence-electron chi connectivity index (χ4n) is 3.81. The summed E-state index contributed by atoms with van der Waals surface area (Å²) in [6, 6.07) is 9.96. The first-order valence-corrected chi connectivity index (χ1v) is 10.1. The van der Waals surface area contributed by atoms with Crippen LogP contribution in [0.25, 0.3) is 10.9 Å². The SMILES string of the molecule is O=C(CCc1ccc(C(F)(F)F)nc1N1CCCCC1)Nc1ccc2[nH]ccc2c1. The van der Waals surface area contributed by atoms with E-state index in [4.69, 9.17) is 0 Å². The van der Waals surface area contributed by atoms with E-state index in [1.807, 2.05) is 35.4 Å². The molecule has 0 radical (unpaired) electrons. The topological polar surface area (TPSA) is 61.0 Å². The Hall–Kier alpha value is -3.03. The van der Waals surface area contributed by atoms with E-state index in [0.717, 1.165) is 36.2 Å². The largest absolute Gasteiger partial charge is 0.433 e. The molecule has 4 rings (SSSR count). The molecule has 1 aromatic carbocycles. The summed E-state index contributed by atoms with van der Waals surface area (Å²) in [7, 11) is 0. The molecule has 1 saturated heterocycles. The highest BCUT2D eigenvalue weighted by Gasteiger charge is 2.33. The van der Waals surface area contributed by atoms with Gasteiger partial charge in [-0.1, -0.05) is 6.07 Å². The third kappa shape index (κ3) is 4.58. The van der Waals surface area contributed by atoms with E-state index in [0.29, 0.717) is 36.6 Å². The van der Waals surface area contributed by atoms with Crippen LogP contribution in [0.15, 0.2) is 42.6 Å². The van der Waals surface area contributed by atoms with Crippen molar-refractivity contribution in [3.8, 4) is 0 Å². The molecule has 1 amide bonds. The lowest BCUT2D eigenvalue weighted by molar-refractivity contribution is -0.141. The highest BCUT2D eigenvalue weighted by atomic mass is 19.4. The second kappa shape index (κ2) is 8.38. The van der Waals surface area contributed by atoms with Crippen molar-refractivity contribution in [3.05, 3.63) is 53.9 Å². The van der Waals surface area contributed by atoms with Crippen molar-refractivity contribution in [2.75, 3.05) is 23.3 Å². The molecule has 3 heterocycles. The Balaban J connectivity index is 1.47. The summed E-state index contributed by atoms with van der Waals surface area (Å²) in [5.74, 6) is 0.167. The van der Waals surface area contributed by atoms with Crippen molar-refractivity contribution < 1.29 is 18.0 Å². The highest BCUT2D eigenvalue weighted by Crippen LogP contribution is 2.32. The van der Waals surface area contributed by atoms with E-state index in [1.54, 1.807) is 0 Å². The molecule has 1 aliphatic rings. The second-order valence-electron chi connectivity index (χ2n) is 7.55. The van der Waals surface area contributed by atoms with Gasteiger partial charge in [0.05, 0.1) is 0 Å². The Morgan fingerprint density at radius 3 is 2.67 bits per heavy atom. The number of anilines is 2. The first-order valence-electron chi connectivity index (χ1n) is 10.1. The molecule has 5 nitrogen and oxygen atoms in total. The Bertz CT molecular complexity index is 1040. The smallest absolute Gasteiger partial charge is 0.361 e. The van der Waals surface area contributed by atoms with Gasteiger partial charge in [-0.3, -0.25) is 4.79 Å². The van der Waals surface area contributed by atoms with Crippen LogP contribution in [0.5, 0.6) is 0 Å². The van der Waals surface area contributed by atoms with Gasteiger partial charge in [-0.15, -0.1) is 0 Å². The molecule has 8 heteroatoms. The number of benzene rings is 1. The summed E-state index contributed by atoms with van der Waals surface area (Å²) < 4.78 is 39.5. The van der Waals surface area contributed by atoms with E-state index < -0.39 is 11.9 Å². The molecule has 0 spiro atoms. The molecular formula is C22H23F3N4O. The zero-order valence-electron chi connectivity index (χ0n) is 16.4. The van der Waals surface area contributed by atoms with Crippen LogP contribution in [0.2, 0.25) is 0 Å². The van der Waals surface area contributed by atoms with Crippen LogP contribution in [-0.4, -0.2) is 29.0 Å². The molecule has 0 atom stereocenters. The summed E-state index contributed by atoms with van der Waals surface area (Å²) in [4.78, 5) is 21.4. The number of pyridine rings is 1. The van der Waals surface area contributed by atoms with Gasteiger partial charge in [0.1, 0.15) is 11.5 Å². The van der Waals surface area contributed by atoms with Crippen LogP contribution in [0.1, 0.15) is 36.9 Å². The minimum absolute atomic E-state index is 0.166. The van der Waals surface area contributed by atoms with Gasteiger partial charge in [-0.2, -0.15) is 13.2 Å². The number of aromatic nitrogens is 2. The number of nitrogens with zero attached hydrogens (tertiary/aromatic N) is 2. The quantitative estimate of drug-likeness (QED) is 0.605. The number of carbonyl (C=O) groups excluding carboxylic acids is 1. The molecule has 1 aliphatic heterocycles. The molecule has 0 aliphatic carbocycles. The Morgan fingerprint density at radius 2 is 1.90 bits per heavy atom. The molecular weight excluding hydrogens is 393 g/mol. The average Bonchev–Trinajstić information content (AvgIpc) is 3.20. The minimum Gasteiger partial charge on any atom is -0.361 e. The molecule has 30 heavy (non-hydrogen) atoms. The van der Waals surface area contributed by atoms with Crippen molar-refractivity contribution in [2.45, 2.75) is 38.3 Å². The third-order valence-electron chi connectivity index (χ3n) is 5.36. The molecule has 0 saturated carbocycles. The second-order valence-corrected chi connectivity index (χ2v) is 7.55. The number of hydrogen-bond donors (Lipinski definition) is 2. The Kier molecular flexibility index (Phi) is 5.65. The number of nitrogens with one attached hydrogen (secondary N) is 2. The fourth-order valence-corrected chi connectivity index (χ4v) is 3.81. The van der Waals surface area contributed by atoms with E-state index in [9.17, 15) is 18.0 Å². The number of aromatic amines is 1. The number of aryl methyl sites for hydroxylation is 1. The Labute approximate surface area is 172 Å². The normalized spacial score (nSPS) is 14.8. The maximum Gasteiger partial charge on any atom is 0.433 e. The van der Waals surface area contributed by atoms with Gasteiger partial charge in [-0.25, -0.2) is 4.98 Å². The molecule has 3 aromatic rings. The molecule has 2 aromatic heterocycles. The van der Waals surface area contributed by atoms with Gasteiger partial charge < -0.3 is 15.2 Å². The number of rotatable bonds is 5. The van der Waals surface area contributed by atoms with E-state index in [-0.39, 0.29) is 12.3 Å². The molecule has 158 valence electrons.